The Balaban J connectivity index is 1.91. The molecular weight excluding hydrogens is 274 g/mol. The van der Waals surface area contributed by atoms with Crippen LogP contribution in [0.1, 0.15) is 27.3 Å². The van der Waals surface area contributed by atoms with Crippen molar-refractivity contribution in [1.82, 2.24) is 9.55 Å². The lowest BCUT2D eigenvalue weighted by Crippen LogP contribution is -2.12. The van der Waals surface area contributed by atoms with Gasteiger partial charge < -0.3 is 9.88 Å². The normalized spacial score (nSPS) is 10.9. The smallest absolute Gasteiger partial charge is 0.255 e. The molecule has 0 bridgehead atoms. The minimum Gasteiger partial charge on any atom is -0.331 e. The van der Waals surface area contributed by atoms with Crippen molar-refractivity contribution < 1.29 is 4.79 Å². The van der Waals surface area contributed by atoms with Crippen molar-refractivity contribution >= 4 is 22.6 Å². The Hall–Kier alpha value is -2.62. The SMILES string of the molecule is Cc1ccc(NC(=O)c2ccc3c(c2)nc(C)n3C)c(C)c1. The summed E-state index contributed by atoms with van der Waals surface area (Å²) in [4.78, 5) is 16.9. The van der Waals surface area contributed by atoms with E-state index in [2.05, 4.69) is 16.4 Å². The van der Waals surface area contributed by atoms with Crippen LogP contribution in [-0.4, -0.2) is 15.5 Å². The first-order chi connectivity index (χ1) is 10.5. The molecule has 1 aromatic heterocycles. The predicted molar refractivity (Wildman–Crippen MR) is 89.3 cm³/mol. The molecule has 0 aliphatic rings. The number of hydrogen-bond donors (Lipinski definition) is 1. The van der Waals surface area contributed by atoms with Gasteiger partial charge >= 0.3 is 0 Å². The van der Waals surface area contributed by atoms with Crippen LogP contribution in [0.25, 0.3) is 11.0 Å². The molecule has 0 radical (unpaired) electrons. The quantitative estimate of drug-likeness (QED) is 0.782. The van der Waals surface area contributed by atoms with E-state index in [4.69, 9.17) is 0 Å². The van der Waals surface area contributed by atoms with Crippen molar-refractivity contribution in [1.29, 1.82) is 0 Å². The number of carbonyl (C=O) groups is 1. The minimum atomic E-state index is -0.114. The van der Waals surface area contributed by atoms with Crippen molar-refractivity contribution in [3.63, 3.8) is 0 Å². The maximum absolute atomic E-state index is 12.4. The lowest BCUT2D eigenvalue weighted by molar-refractivity contribution is 0.102. The molecule has 3 rings (SSSR count). The highest BCUT2D eigenvalue weighted by Crippen LogP contribution is 2.20. The molecule has 0 saturated carbocycles. The average molecular weight is 293 g/mol. The molecule has 0 fully saturated rings. The Morgan fingerprint density at radius 3 is 2.59 bits per heavy atom. The molecule has 2 aromatic carbocycles. The summed E-state index contributed by atoms with van der Waals surface area (Å²) < 4.78 is 2.02. The number of amides is 1. The van der Waals surface area contributed by atoms with Gasteiger partial charge in [-0.05, 0) is 50.6 Å². The summed E-state index contributed by atoms with van der Waals surface area (Å²) in [5.41, 5.74) is 5.57. The van der Waals surface area contributed by atoms with Crippen molar-refractivity contribution in [3.8, 4) is 0 Å². The Morgan fingerprint density at radius 1 is 1.09 bits per heavy atom. The third-order valence-electron chi connectivity index (χ3n) is 4.00. The number of fused-ring (bicyclic) bond motifs is 1. The molecule has 22 heavy (non-hydrogen) atoms. The summed E-state index contributed by atoms with van der Waals surface area (Å²) in [7, 11) is 1.97. The summed E-state index contributed by atoms with van der Waals surface area (Å²) in [6, 6.07) is 11.6. The molecule has 0 spiro atoms. The van der Waals surface area contributed by atoms with Gasteiger partial charge in [-0.1, -0.05) is 17.7 Å². The number of imidazole rings is 1. The van der Waals surface area contributed by atoms with Crippen LogP contribution in [0.5, 0.6) is 0 Å². The fraction of sp³-hybridized carbons (Fsp3) is 0.222. The van der Waals surface area contributed by atoms with Gasteiger partial charge in [-0.15, -0.1) is 0 Å². The van der Waals surface area contributed by atoms with E-state index in [0.29, 0.717) is 5.56 Å². The fourth-order valence-corrected chi connectivity index (χ4v) is 2.61. The van der Waals surface area contributed by atoms with Gasteiger partial charge in [0.05, 0.1) is 11.0 Å². The zero-order valence-electron chi connectivity index (χ0n) is 13.3. The van der Waals surface area contributed by atoms with Crippen molar-refractivity contribution in [3.05, 3.63) is 58.9 Å². The molecule has 4 heteroatoms. The van der Waals surface area contributed by atoms with Crippen molar-refractivity contribution in [2.24, 2.45) is 7.05 Å². The van der Waals surface area contributed by atoms with Gasteiger partial charge in [-0.2, -0.15) is 0 Å². The van der Waals surface area contributed by atoms with E-state index < -0.39 is 0 Å². The highest BCUT2D eigenvalue weighted by Gasteiger charge is 2.11. The number of hydrogen-bond acceptors (Lipinski definition) is 2. The first-order valence-corrected chi connectivity index (χ1v) is 7.27. The van der Waals surface area contributed by atoms with Crippen LogP contribution < -0.4 is 5.32 Å². The second-order valence-corrected chi connectivity index (χ2v) is 5.69. The van der Waals surface area contributed by atoms with Crippen LogP contribution in [-0.2, 0) is 7.05 Å². The number of carbonyl (C=O) groups excluding carboxylic acids is 1. The number of rotatable bonds is 2. The maximum Gasteiger partial charge on any atom is 0.255 e. The molecule has 0 atom stereocenters. The molecular formula is C18H19N3O. The highest BCUT2D eigenvalue weighted by molar-refractivity contribution is 6.06. The number of anilines is 1. The van der Waals surface area contributed by atoms with Crippen LogP contribution >= 0.6 is 0 Å². The summed E-state index contributed by atoms with van der Waals surface area (Å²) in [5.74, 6) is 0.819. The molecule has 0 aliphatic heterocycles. The lowest BCUT2D eigenvalue weighted by Gasteiger charge is -2.09. The van der Waals surface area contributed by atoms with Crippen LogP contribution in [0.4, 0.5) is 5.69 Å². The number of aryl methyl sites for hydroxylation is 4. The fourth-order valence-electron chi connectivity index (χ4n) is 2.61. The van der Waals surface area contributed by atoms with Gasteiger partial charge in [-0.25, -0.2) is 4.98 Å². The first kappa shape index (κ1) is 14.3. The first-order valence-electron chi connectivity index (χ1n) is 7.27. The van der Waals surface area contributed by atoms with E-state index in [0.717, 1.165) is 28.1 Å². The van der Waals surface area contributed by atoms with E-state index in [1.54, 1.807) is 0 Å². The average Bonchev–Trinajstić information content (AvgIpc) is 2.76. The number of nitrogens with zero attached hydrogens (tertiary/aromatic N) is 2. The number of benzene rings is 2. The van der Waals surface area contributed by atoms with E-state index in [9.17, 15) is 4.79 Å². The van der Waals surface area contributed by atoms with E-state index in [-0.39, 0.29) is 5.91 Å². The number of nitrogens with one attached hydrogen (secondary N) is 1. The molecule has 1 N–H and O–H groups in total. The third kappa shape index (κ3) is 2.48. The standard InChI is InChI=1S/C18H19N3O/c1-11-5-7-15(12(2)9-11)20-18(22)14-6-8-17-16(10-14)19-13(3)21(17)4/h5-10H,1-4H3,(H,20,22). The van der Waals surface area contributed by atoms with Crippen LogP contribution in [0.15, 0.2) is 36.4 Å². The summed E-state index contributed by atoms with van der Waals surface area (Å²) in [6.45, 7) is 5.99. The van der Waals surface area contributed by atoms with Gasteiger partial charge in [0.25, 0.3) is 5.91 Å². The Labute approximate surface area is 129 Å². The second-order valence-electron chi connectivity index (χ2n) is 5.69. The minimum absolute atomic E-state index is 0.114. The third-order valence-corrected chi connectivity index (χ3v) is 4.00. The van der Waals surface area contributed by atoms with Gasteiger partial charge in [0.2, 0.25) is 0 Å². The van der Waals surface area contributed by atoms with E-state index >= 15 is 0 Å². The van der Waals surface area contributed by atoms with Gasteiger partial charge in [0.1, 0.15) is 5.82 Å². The topological polar surface area (TPSA) is 46.9 Å². The summed E-state index contributed by atoms with van der Waals surface area (Å²) in [6.07, 6.45) is 0. The van der Waals surface area contributed by atoms with E-state index in [1.165, 1.54) is 5.56 Å². The molecule has 1 heterocycles. The molecule has 0 aliphatic carbocycles. The number of aromatic nitrogens is 2. The molecule has 4 nitrogen and oxygen atoms in total. The van der Waals surface area contributed by atoms with Gasteiger partial charge in [0.15, 0.2) is 0 Å². The maximum atomic E-state index is 12.4. The van der Waals surface area contributed by atoms with E-state index in [1.807, 2.05) is 62.7 Å². The van der Waals surface area contributed by atoms with Crippen molar-refractivity contribution in [2.45, 2.75) is 20.8 Å². The molecule has 3 aromatic rings. The van der Waals surface area contributed by atoms with Crippen LogP contribution in [0, 0.1) is 20.8 Å². The zero-order valence-corrected chi connectivity index (χ0v) is 13.3. The second kappa shape index (κ2) is 5.30. The highest BCUT2D eigenvalue weighted by atomic mass is 16.1. The van der Waals surface area contributed by atoms with Crippen LogP contribution in [0.3, 0.4) is 0 Å². The molecule has 0 saturated heterocycles. The zero-order chi connectivity index (χ0) is 15.9. The van der Waals surface area contributed by atoms with Gasteiger partial charge in [-0.3, -0.25) is 4.79 Å². The van der Waals surface area contributed by atoms with Crippen molar-refractivity contribution in [2.75, 3.05) is 5.32 Å². The monoisotopic (exact) mass is 293 g/mol. The van der Waals surface area contributed by atoms with Gasteiger partial charge in [0, 0.05) is 18.3 Å². The lowest BCUT2D eigenvalue weighted by atomic mass is 10.1. The molecule has 1 amide bonds. The molecule has 112 valence electrons. The Kier molecular flexibility index (Phi) is 3.45. The predicted octanol–water partition coefficient (Wildman–Crippen LogP) is 3.75. The summed E-state index contributed by atoms with van der Waals surface area (Å²) in [5, 5.41) is 2.97. The summed E-state index contributed by atoms with van der Waals surface area (Å²) >= 11 is 0. The Bertz CT molecular complexity index is 877. The molecule has 0 unspecified atom stereocenters. The largest absolute Gasteiger partial charge is 0.331 e. The van der Waals surface area contributed by atoms with Crippen LogP contribution in [0.2, 0.25) is 0 Å². The Morgan fingerprint density at radius 2 is 1.86 bits per heavy atom.